The van der Waals surface area contributed by atoms with Crippen LogP contribution in [-0.4, -0.2) is 41.2 Å². The predicted octanol–water partition coefficient (Wildman–Crippen LogP) is 4.80. The number of halogens is 5. The molecule has 3 N–H and O–H groups in total. The molecule has 2 heterocycles. The Hall–Kier alpha value is -3.54. The molecule has 1 unspecified atom stereocenters. The molecule has 1 atom stereocenters. The van der Waals surface area contributed by atoms with Crippen LogP contribution in [0.5, 0.6) is 11.5 Å². The van der Waals surface area contributed by atoms with Gasteiger partial charge in [-0.25, -0.2) is 9.18 Å². The fraction of sp³-hybridized carbons (Fsp3) is 0.217. The van der Waals surface area contributed by atoms with Crippen molar-refractivity contribution in [1.82, 2.24) is 10.3 Å². The summed E-state index contributed by atoms with van der Waals surface area (Å²) in [6.45, 7) is 0.724. The number of ether oxygens (including phenoxy) is 2. The lowest BCUT2D eigenvalue weighted by atomic mass is 10.0. The molecule has 1 aliphatic rings. The first kappa shape index (κ1) is 24.6. The average molecular weight is 557 g/mol. The first-order valence-electron chi connectivity index (χ1n) is 10.2. The van der Waals surface area contributed by atoms with Crippen molar-refractivity contribution in [2.75, 3.05) is 13.2 Å². The molecule has 7 nitrogen and oxygen atoms in total. The molecule has 1 aromatic heterocycles. The quantitative estimate of drug-likeness (QED) is 0.379. The third-order valence-corrected chi connectivity index (χ3v) is 5.90. The number of carbonyl (C=O) groups excluding carboxylic acids is 1. The third-order valence-electron chi connectivity index (χ3n) is 5.31. The zero-order valence-corrected chi connectivity index (χ0v) is 19.3. The molecule has 35 heavy (non-hydrogen) atoms. The molecule has 0 aliphatic carbocycles. The van der Waals surface area contributed by atoms with Crippen molar-refractivity contribution < 1.29 is 41.7 Å². The highest BCUT2D eigenvalue weighted by molar-refractivity contribution is 9.10. The van der Waals surface area contributed by atoms with Crippen molar-refractivity contribution in [3.05, 3.63) is 69.7 Å². The number of carboxylic acids is 1. The SMILES string of the molecule is O=C(NC(Cc1cccc(C(F)(F)F)c1F)C(=O)O)c1c[nH]cc1-c1cc(Br)c2c(c1)OCCO2. The molecule has 4 rings (SSSR count). The molecule has 0 saturated heterocycles. The number of aliphatic carboxylic acids is 1. The van der Waals surface area contributed by atoms with Gasteiger partial charge in [0.25, 0.3) is 5.91 Å². The van der Waals surface area contributed by atoms with E-state index in [4.69, 9.17) is 9.47 Å². The number of carboxylic acid groups (broad SMARTS) is 1. The van der Waals surface area contributed by atoms with E-state index in [1.807, 2.05) is 0 Å². The Kier molecular flexibility index (Phi) is 6.75. The minimum absolute atomic E-state index is 0.0735. The van der Waals surface area contributed by atoms with E-state index in [0.29, 0.717) is 46.4 Å². The Bertz CT molecular complexity index is 1290. The topological polar surface area (TPSA) is 101 Å². The summed E-state index contributed by atoms with van der Waals surface area (Å²) in [6.07, 6.45) is -2.76. The minimum atomic E-state index is -4.94. The van der Waals surface area contributed by atoms with Crippen molar-refractivity contribution in [2.24, 2.45) is 0 Å². The Labute approximate surface area is 204 Å². The van der Waals surface area contributed by atoms with E-state index >= 15 is 0 Å². The van der Waals surface area contributed by atoms with Crippen LogP contribution in [0.25, 0.3) is 11.1 Å². The highest BCUT2D eigenvalue weighted by Gasteiger charge is 2.35. The van der Waals surface area contributed by atoms with Crippen LogP contribution in [0.4, 0.5) is 17.6 Å². The van der Waals surface area contributed by atoms with Gasteiger partial charge in [-0.05, 0) is 45.3 Å². The first-order valence-corrected chi connectivity index (χ1v) is 11.0. The van der Waals surface area contributed by atoms with Crippen molar-refractivity contribution >= 4 is 27.8 Å². The van der Waals surface area contributed by atoms with Crippen molar-refractivity contribution in [3.63, 3.8) is 0 Å². The lowest BCUT2D eigenvalue weighted by Gasteiger charge is -2.20. The molecular weight excluding hydrogens is 540 g/mol. The second-order valence-corrected chi connectivity index (χ2v) is 8.46. The highest BCUT2D eigenvalue weighted by Crippen LogP contribution is 2.42. The van der Waals surface area contributed by atoms with Crippen molar-refractivity contribution in [1.29, 1.82) is 0 Å². The number of H-pyrrole nitrogens is 1. The molecule has 0 saturated carbocycles. The van der Waals surface area contributed by atoms with E-state index in [-0.39, 0.29) is 5.56 Å². The number of amides is 1. The standard InChI is InChI=1S/C23H17BrF4N2O5/c24-16-6-12(8-18-20(16)35-5-4-34-18)13-9-29-10-14(13)21(31)30-17(22(32)33)7-11-2-1-3-15(19(11)25)23(26,27)28/h1-3,6,8-10,17,29H,4-5,7H2,(H,30,31)(H,32,33). The van der Waals surface area contributed by atoms with E-state index in [1.165, 1.54) is 12.4 Å². The van der Waals surface area contributed by atoms with Gasteiger partial charge in [-0.15, -0.1) is 0 Å². The fourth-order valence-corrected chi connectivity index (χ4v) is 4.23. The lowest BCUT2D eigenvalue weighted by molar-refractivity contribution is -0.140. The van der Waals surface area contributed by atoms with Gasteiger partial charge in [-0.2, -0.15) is 13.2 Å². The van der Waals surface area contributed by atoms with Crippen molar-refractivity contribution in [3.8, 4) is 22.6 Å². The number of benzene rings is 2. The van der Waals surface area contributed by atoms with Crippen LogP contribution in [0, 0.1) is 5.82 Å². The minimum Gasteiger partial charge on any atom is -0.486 e. The van der Waals surface area contributed by atoms with Gasteiger partial charge in [0, 0.05) is 24.4 Å². The monoisotopic (exact) mass is 556 g/mol. The Morgan fingerprint density at radius 1 is 1.17 bits per heavy atom. The fourth-order valence-electron chi connectivity index (χ4n) is 3.67. The van der Waals surface area contributed by atoms with E-state index in [1.54, 1.807) is 12.1 Å². The van der Waals surface area contributed by atoms with Gasteiger partial charge < -0.3 is 24.9 Å². The summed E-state index contributed by atoms with van der Waals surface area (Å²) in [4.78, 5) is 27.5. The summed E-state index contributed by atoms with van der Waals surface area (Å²) in [5, 5.41) is 11.8. The molecular formula is C23H17BrF4N2O5. The Morgan fingerprint density at radius 3 is 2.63 bits per heavy atom. The highest BCUT2D eigenvalue weighted by atomic mass is 79.9. The van der Waals surface area contributed by atoms with Gasteiger partial charge in [-0.3, -0.25) is 4.79 Å². The molecule has 184 valence electrons. The second-order valence-electron chi connectivity index (χ2n) is 7.61. The predicted molar refractivity (Wildman–Crippen MR) is 119 cm³/mol. The number of aromatic amines is 1. The molecule has 3 aromatic rings. The van der Waals surface area contributed by atoms with E-state index in [0.717, 1.165) is 12.1 Å². The van der Waals surface area contributed by atoms with Crippen LogP contribution in [0.1, 0.15) is 21.5 Å². The number of aromatic nitrogens is 1. The molecule has 0 bridgehead atoms. The Morgan fingerprint density at radius 2 is 1.91 bits per heavy atom. The zero-order valence-electron chi connectivity index (χ0n) is 17.7. The summed E-state index contributed by atoms with van der Waals surface area (Å²) in [5.41, 5.74) is -0.956. The second kappa shape index (κ2) is 9.61. The smallest absolute Gasteiger partial charge is 0.419 e. The number of nitrogens with one attached hydrogen (secondary N) is 2. The maximum atomic E-state index is 14.4. The molecule has 2 aromatic carbocycles. The van der Waals surface area contributed by atoms with Gasteiger partial charge in [0.05, 0.1) is 15.6 Å². The Balaban J connectivity index is 1.59. The average Bonchev–Trinajstić information content (AvgIpc) is 3.29. The van der Waals surface area contributed by atoms with E-state index < -0.39 is 47.5 Å². The normalized spacial score (nSPS) is 13.9. The van der Waals surface area contributed by atoms with Crippen LogP contribution < -0.4 is 14.8 Å². The van der Waals surface area contributed by atoms with Gasteiger partial charge in [0.15, 0.2) is 11.5 Å². The maximum absolute atomic E-state index is 14.4. The number of carbonyl (C=O) groups is 2. The summed E-state index contributed by atoms with van der Waals surface area (Å²) in [5.74, 6) is -2.96. The molecule has 12 heteroatoms. The van der Waals surface area contributed by atoms with Crippen LogP contribution in [0.3, 0.4) is 0 Å². The largest absolute Gasteiger partial charge is 0.486 e. The summed E-state index contributed by atoms with van der Waals surface area (Å²) < 4.78 is 65.2. The first-order chi connectivity index (χ1) is 16.6. The molecule has 1 amide bonds. The summed E-state index contributed by atoms with van der Waals surface area (Å²) in [6, 6.07) is 4.25. The van der Waals surface area contributed by atoms with Crippen LogP contribution in [0.15, 0.2) is 47.2 Å². The number of rotatable bonds is 6. The number of hydrogen-bond donors (Lipinski definition) is 3. The third kappa shape index (κ3) is 5.11. The number of hydrogen-bond acceptors (Lipinski definition) is 4. The van der Waals surface area contributed by atoms with Gasteiger partial charge in [0.2, 0.25) is 0 Å². The van der Waals surface area contributed by atoms with Gasteiger partial charge in [-0.1, -0.05) is 12.1 Å². The van der Waals surface area contributed by atoms with Gasteiger partial charge in [0.1, 0.15) is 25.1 Å². The summed E-state index contributed by atoms with van der Waals surface area (Å²) >= 11 is 3.39. The van der Waals surface area contributed by atoms with Gasteiger partial charge >= 0.3 is 12.1 Å². The van der Waals surface area contributed by atoms with Crippen molar-refractivity contribution in [2.45, 2.75) is 18.6 Å². The molecule has 0 spiro atoms. The summed E-state index contributed by atoms with van der Waals surface area (Å²) in [7, 11) is 0. The van der Waals surface area contributed by atoms with Crippen LogP contribution in [-0.2, 0) is 17.4 Å². The van der Waals surface area contributed by atoms with E-state index in [9.17, 15) is 32.3 Å². The molecule has 0 radical (unpaired) electrons. The maximum Gasteiger partial charge on any atom is 0.419 e. The van der Waals surface area contributed by atoms with Crippen LogP contribution in [0.2, 0.25) is 0 Å². The lowest BCUT2D eigenvalue weighted by Crippen LogP contribution is -2.42. The zero-order chi connectivity index (χ0) is 25.3. The number of fused-ring (bicyclic) bond motifs is 1. The molecule has 1 aliphatic heterocycles. The van der Waals surface area contributed by atoms with E-state index in [2.05, 4.69) is 26.2 Å². The number of alkyl halides is 3. The molecule has 0 fully saturated rings. The van der Waals surface area contributed by atoms with Crippen LogP contribution >= 0.6 is 15.9 Å².